The second kappa shape index (κ2) is 7.43. The van der Waals surface area contributed by atoms with E-state index in [1.807, 2.05) is 23.1 Å². The number of rotatable bonds is 5. The number of ether oxygens (including phenoxy) is 2. The molecule has 3 rings (SSSR count). The van der Waals surface area contributed by atoms with Crippen LogP contribution >= 0.6 is 0 Å². The standard InChI is InChI=1S/C19H28N2O3/c1-3-5-18(22)21-10-8-19(9-11-21)13-16(14-24-19)20-15-6-4-7-17(12-15)23-2/h4,6-7,12,16,20H,3,5,8-11,13-14H2,1-2H3/t16-/m1/s1. The fraction of sp³-hybridized carbons (Fsp3) is 0.632. The van der Waals surface area contributed by atoms with Crippen LogP contribution in [0.2, 0.25) is 0 Å². The van der Waals surface area contributed by atoms with E-state index in [0.717, 1.165) is 56.8 Å². The summed E-state index contributed by atoms with van der Waals surface area (Å²) >= 11 is 0. The summed E-state index contributed by atoms with van der Waals surface area (Å²) in [5.74, 6) is 1.15. The minimum Gasteiger partial charge on any atom is -0.497 e. The molecule has 1 spiro atoms. The molecule has 1 amide bonds. The van der Waals surface area contributed by atoms with E-state index in [1.165, 1.54) is 0 Å². The topological polar surface area (TPSA) is 50.8 Å². The molecule has 1 N–H and O–H groups in total. The molecule has 2 aliphatic rings. The molecule has 24 heavy (non-hydrogen) atoms. The number of amides is 1. The molecule has 2 aliphatic heterocycles. The molecule has 5 heteroatoms. The molecule has 1 aromatic rings. The third-order valence-corrected chi connectivity index (χ3v) is 5.14. The largest absolute Gasteiger partial charge is 0.497 e. The fourth-order valence-corrected chi connectivity index (χ4v) is 3.77. The number of methoxy groups -OCH3 is 1. The van der Waals surface area contributed by atoms with Crippen LogP contribution in [0, 0.1) is 0 Å². The van der Waals surface area contributed by atoms with Crippen molar-refractivity contribution in [2.24, 2.45) is 0 Å². The third-order valence-electron chi connectivity index (χ3n) is 5.14. The monoisotopic (exact) mass is 332 g/mol. The van der Waals surface area contributed by atoms with Gasteiger partial charge in [0.05, 0.1) is 25.4 Å². The summed E-state index contributed by atoms with van der Waals surface area (Å²) in [6.45, 7) is 4.42. The van der Waals surface area contributed by atoms with E-state index in [0.29, 0.717) is 12.5 Å². The van der Waals surface area contributed by atoms with Gasteiger partial charge in [0.2, 0.25) is 5.91 Å². The molecule has 0 unspecified atom stereocenters. The van der Waals surface area contributed by atoms with Crippen molar-refractivity contribution in [2.45, 2.75) is 50.7 Å². The summed E-state index contributed by atoms with van der Waals surface area (Å²) in [5.41, 5.74) is 1.01. The lowest BCUT2D eigenvalue weighted by atomic mass is 9.87. The zero-order valence-electron chi connectivity index (χ0n) is 14.7. The summed E-state index contributed by atoms with van der Waals surface area (Å²) in [6, 6.07) is 8.32. The van der Waals surface area contributed by atoms with Crippen LogP contribution in [0.15, 0.2) is 24.3 Å². The minimum absolute atomic E-state index is 0.0560. The summed E-state index contributed by atoms with van der Waals surface area (Å²) in [6.07, 6.45) is 4.47. The Morgan fingerprint density at radius 1 is 1.42 bits per heavy atom. The normalized spacial score (nSPS) is 22.6. The van der Waals surface area contributed by atoms with Crippen LogP contribution in [0.4, 0.5) is 5.69 Å². The van der Waals surface area contributed by atoms with Gasteiger partial charge in [-0.3, -0.25) is 4.79 Å². The van der Waals surface area contributed by atoms with E-state index >= 15 is 0 Å². The number of anilines is 1. The highest BCUT2D eigenvalue weighted by atomic mass is 16.5. The smallest absolute Gasteiger partial charge is 0.222 e. The lowest BCUT2D eigenvalue weighted by Crippen LogP contribution is -2.46. The van der Waals surface area contributed by atoms with Crippen LogP contribution in [0.1, 0.15) is 39.0 Å². The number of carbonyl (C=O) groups is 1. The number of hydrogen-bond donors (Lipinski definition) is 1. The molecule has 0 saturated carbocycles. The van der Waals surface area contributed by atoms with E-state index < -0.39 is 0 Å². The molecular weight excluding hydrogens is 304 g/mol. The van der Waals surface area contributed by atoms with Gasteiger partial charge in [-0.25, -0.2) is 0 Å². The van der Waals surface area contributed by atoms with Crippen molar-refractivity contribution in [2.75, 3.05) is 32.1 Å². The van der Waals surface area contributed by atoms with Gasteiger partial charge < -0.3 is 19.7 Å². The van der Waals surface area contributed by atoms with E-state index in [9.17, 15) is 4.79 Å². The van der Waals surface area contributed by atoms with Gasteiger partial charge in [-0.15, -0.1) is 0 Å². The first-order valence-corrected chi connectivity index (χ1v) is 8.96. The molecule has 0 aliphatic carbocycles. The third kappa shape index (κ3) is 3.83. The molecule has 0 bridgehead atoms. The first kappa shape index (κ1) is 17.1. The Labute approximate surface area is 144 Å². The highest BCUT2D eigenvalue weighted by Gasteiger charge is 2.43. The Balaban J connectivity index is 1.53. The van der Waals surface area contributed by atoms with Crippen LogP contribution < -0.4 is 10.1 Å². The molecule has 1 aromatic carbocycles. The maximum absolute atomic E-state index is 12.0. The number of nitrogens with zero attached hydrogens (tertiary/aromatic N) is 1. The molecule has 0 radical (unpaired) electrons. The van der Waals surface area contributed by atoms with Crippen LogP contribution in [0.5, 0.6) is 5.75 Å². The summed E-state index contributed by atoms with van der Waals surface area (Å²) in [4.78, 5) is 14.0. The molecule has 2 saturated heterocycles. The number of likely N-dealkylation sites (tertiary alicyclic amines) is 1. The number of nitrogens with one attached hydrogen (secondary N) is 1. The highest BCUT2D eigenvalue weighted by Crippen LogP contribution is 2.37. The molecule has 5 nitrogen and oxygen atoms in total. The fourth-order valence-electron chi connectivity index (χ4n) is 3.77. The van der Waals surface area contributed by atoms with E-state index in [2.05, 4.69) is 18.3 Å². The number of piperidine rings is 1. The molecule has 2 fully saturated rings. The van der Waals surface area contributed by atoms with Crippen molar-refractivity contribution in [1.82, 2.24) is 4.90 Å². The number of hydrogen-bond acceptors (Lipinski definition) is 4. The highest BCUT2D eigenvalue weighted by molar-refractivity contribution is 5.76. The maximum Gasteiger partial charge on any atom is 0.222 e. The van der Waals surface area contributed by atoms with Gasteiger partial charge in [0.15, 0.2) is 0 Å². The predicted octanol–water partition coefficient (Wildman–Crippen LogP) is 3.06. The second-order valence-electron chi connectivity index (χ2n) is 6.90. The average molecular weight is 332 g/mol. The van der Waals surface area contributed by atoms with Gasteiger partial charge in [0, 0.05) is 31.3 Å². The van der Waals surface area contributed by atoms with Gasteiger partial charge in [-0.05, 0) is 37.8 Å². The van der Waals surface area contributed by atoms with Crippen molar-refractivity contribution in [3.63, 3.8) is 0 Å². The molecule has 1 atom stereocenters. The van der Waals surface area contributed by atoms with Gasteiger partial charge in [-0.2, -0.15) is 0 Å². The Morgan fingerprint density at radius 2 is 2.21 bits per heavy atom. The maximum atomic E-state index is 12.0. The van der Waals surface area contributed by atoms with Crippen molar-refractivity contribution in [3.8, 4) is 5.75 Å². The molecule has 0 aromatic heterocycles. The van der Waals surface area contributed by atoms with Gasteiger partial charge in [0.25, 0.3) is 0 Å². The summed E-state index contributed by atoms with van der Waals surface area (Å²) in [5, 5.41) is 3.56. The van der Waals surface area contributed by atoms with Gasteiger partial charge >= 0.3 is 0 Å². The predicted molar refractivity (Wildman–Crippen MR) is 94.4 cm³/mol. The molecule has 132 valence electrons. The quantitative estimate of drug-likeness (QED) is 0.900. The summed E-state index contributed by atoms with van der Waals surface area (Å²) < 4.78 is 11.5. The first-order valence-electron chi connectivity index (χ1n) is 8.96. The second-order valence-corrected chi connectivity index (χ2v) is 6.90. The first-order chi connectivity index (χ1) is 11.6. The zero-order chi connectivity index (χ0) is 17.0. The Kier molecular flexibility index (Phi) is 5.29. The average Bonchev–Trinajstić information content (AvgIpc) is 2.98. The van der Waals surface area contributed by atoms with Crippen LogP contribution in [-0.4, -0.2) is 49.3 Å². The van der Waals surface area contributed by atoms with Crippen molar-refractivity contribution in [3.05, 3.63) is 24.3 Å². The van der Waals surface area contributed by atoms with E-state index in [1.54, 1.807) is 7.11 Å². The Morgan fingerprint density at radius 3 is 2.92 bits per heavy atom. The SMILES string of the molecule is CCCC(=O)N1CCC2(CC1)C[C@@H](Nc1cccc(OC)c1)CO2. The number of carbonyl (C=O) groups excluding carboxylic acids is 1. The molecule has 2 heterocycles. The Bertz CT molecular complexity index is 567. The van der Waals surface area contributed by atoms with Crippen LogP contribution in [-0.2, 0) is 9.53 Å². The Hall–Kier alpha value is -1.75. The lowest BCUT2D eigenvalue weighted by Gasteiger charge is -2.38. The van der Waals surface area contributed by atoms with Gasteiger partial charge in [0.1, 0.15) is 5.75 Å². The van der Waals surface area contributed by atoms with Crippen LogP contribution in [0.25, 0.3) is 0 Å². The van der Waals surface area contributed by atoms with E-state index in [-0.39, 0.29) is 11.5 Å². The van der Waals surface area contributed by atoms with Crippen LogP contribution in [0.3, 0.4) is 0 Å². The molecular formula is C19H28N2O3. The van der Waals surface area contributed by atoms with Crippen molar-refractivity contribution >= 4 is 11.6 Å². The van der Waals surface area contributed by atoms with Crippen molar-refractivity contribution < 1.29 is 14.3 Å². The lowest BCUT2D eigenvalue weighted by molar-refractivity contribution is -0.136. The number of benzene rings is 1. The summed E-state index contributed by atoms with van der Waals surface area (Å²) in [7, 11) is 1.68. The minimum atomic E-state index is -0.0560. The van der Waals surface area contributed by atoms with Gasteiger partial charge in [-0.1, -0.05) is 13.0 Å². The zero-order valence-corrected chi connectivity index (χ0v) is 14.7. The van der Waals surface area contributed by atoms with Crippen molar-refractivity contribution in [1.29, 1.82) is 0 Å². The van der Waals surface area contributed by atoms with E-state index in [4.69, 9.17) is 9.47 Å².